The molecule has 0 saturated heterocycles. The number of hydrogen-bond donors (Lipinski definition) is 0. The lowest BCUT2D eigenvalue weighted by molar-refractivity contribution is -0.119. The van der Waals surface area contributed by atoms with Crippen LogP contribution < -0.4 is 8.37 Å². The second-order valence-corrected chi connectivity index (χ2v) is 18.9. The fraction of sp³-hybridized carbons (Fsp3) is 0.744. The van der Waals surface area contributed by atoms with E-state index in [2.05, 4.69) is 6.92 Å². The van der Waals surface area contributed by atoms with Crippen LogP contribution in [0.2, 0.25) is 0 Å². The first-order chi connectivity index (χ1) is 22.9. The van der Waals surface area contributed by atoms with Gasteiger partial charge in [-0.1, -0.05) is 89.2 Å². The van der Waals surface area contributed by atoms with E-state index in [4.69, 9.17) is 8.37 Å². The summed E-state index contributed by atoms with van der Waals surface area (Å²) in [5, 5.41) is 1.02. The van der Waals surface area contributed by atoms with Crippen LogP contribution in [0, 0.1) is 29.6 Å². The van der Waals surface area contributed by atoms with Crippen molar-refractivity contribution in [2.75, 3.05) is 0 Å². The van der Waals surface area contributed by atoms with Gasteiger partial charge in [0.15, 0.2) is 23.1 Å². The summed E-state index contributed by atoms with van der Waals surface area (Å²) in [6.07, 6.45) is 23.0. The van der Waals surface area contributed by atoms with E-state index in [9.17, 15) is 9.59 Å². The van der Waals surface area contributed by atoms with Crippen molar-refractivity contribution in [3.63, 3.8) is 0 Å². The Balaban J connectivity index is 0.00000213. The maximum atomic E-state index is 12.5. The highest BCUT2D eigenvalue weighted by atomic mass is 32.2. The molecule has 0 aromatic heterocycles. The van der Waals surface area contributed by atoms with Crippen LogP contribution >= 0.6 is 47.6 Å². The molecule has 0 atom stereocenters. The van der Waals surface area contributed by atoms with Gasteiger partial charge in [0.2, 0.25) is 0 Å². The van der Waals surface area contributed by atoms with E-state index < -0.39 is 0 Å². The molecule has 1 aromatic carbocycles. The van der Waals surface area contributed by atoms with Crippen molar-refractivity contribution in [1.29, 1.82) is 0 Å². The molecule has 0 amide bonds. The maximum Gasteiger partial charge on any atom is 0.165 e. The number of rotatable bonds is 10. The largest absolute Gasteiger partial charge is 0.424 e. The van der Waals surface area contributed by atoms with Gasteiger partial charge in [0, 0.05) is 10.5 Å². The lowest BCUT2D eigenvalue weighted by atomic mass is 9.71. The van der Waals surface area contributed by atoms with Crippen molar-refractivity contribution in [2.45, 2.75) is 164 Å². The fourth-order valence-corrected chi connectivity index (χ4v) is 13.3. The molecule has 0 bridgehead atoms. The average molecular weight is 719 g/mol. The zero-order chi connectivity index (χ0) is 33.3. The quantitative estimate of drug-likeness (QED) is 0.103. The zero-order valence-electron chi connectivity index (χ0n) is 29.5. The Kier molecular flexibility index (Phi) is 14.8. The minimum atomic E-state index is -0.182. The van der Waals surface area contributed by atoms with E-state index >= 15 is 0 Å². The predicted octanol–water partition coefficient (Wildman–Crippen LogP) is 12.9. The van der Waals surface area contributed by atoms with Gasteiger partial charge in [0.05, 0.1) is 43.7 Å². The minimum Gasteiger partial charge on any atom is -0.424 e. The molecule has 0 radical (unpaired) electrons. The topological polar surface area (TPSA) is 52.6 Å². The highest BCUT2D eigenvalue weighted by Crippen LogP contribution is 2.60. The number of carbonyl (C=O) groups excluding carboxylic acids is 2. The van der Waals surface area contributed by atoms with Gasteiger partial charge in [-0.25, -0.2) is 0 Å². The first-order valence-electron chi connectivity index (χ1n) is 18.8. The minimum absolute atomic E-state index is 0.182. The van der Waals surface area contributed by atoms with E-state index in [0.29, 0.717) is 10.5 Å². The number of thioether (sulfide) groups is 2. The summed E-state index contributed by atoms with van der Waals surface area (Å²) in [5.74, 6) is 5.88. The van der Waals surface area contributed by atoms with E-state index in [1.807, 2.05) is 26.0 Å². The number of Topliss-reactive ketones (excluding diaryl/α,β-unsaturated/α-hetero) is 2. The Hall–Kier alpha value is -0.700. The van der Waals surface area contributed by atoms with Gasteiger partial charge in [-0.3, -0.25) is 9.59 Å². The van der Waals surface area contributed by atoms with E-state index in [1.54, 1.807) is 24.1 Å². The molecule has 4 saturated carbocycles. The second kappa shape index (κ2) is 18.5. The van der Waals surface area contributed by atoms with Crippen LogP contribution in [-0.4, -0.2) is 22.1 Å². The highest BCUT2D eigenvalue weighted by molar-refractivity contribution is 8.25. The summed E-state index contributed by atoms with van der Waals surface area (Å²) in [4.78, 5) is 26.9. The molecule has 262 valence electrons. The van der Waals surface area contributed by atoms with Gasteiger partial charge in [-0.15, -0.1) is 0 Å². The number of benzene rings is 1. The SMILES string of the molecule is CC.CC(=O)C(C(C)=O)=C1Sc2c(OSC3CCC(C4CCCCC4)CC3)ccc(OSC3CCC(C4CCC(C)CC4)CC3)c2S1. The molecule has 6 rings (SSSR count). The van der Waals surface area contributed by atoms with Crippen molar-refractivity contribution >= 4 is 59.2 Å². The van der Waals surface area contributed by atoms with Gasteiger partial charge in [0.1, 0.15) is 0 Å². The van der Waals surface area contributed by atoms with Crippen LogP contribution in [0.3, 0.4) is 0 Å². The third kappa shape index (κ3) is 9.97. The summed E-state index contributed by atoms with van der Waals surface area (Å²) in [7, 11) is 0. The Labute approximate surface area is 302 Å². The lowest BCUT2D eigenvalue weighted by Gasteiger charge is -2.36. The Morgan fingerprint density at radius 3 is 1.38 bits per heavy atom. The van der Waals surface area contributed by atoms with Crippen LogP contribution in [0.25, 0.3) is 0 Å². The summed E-state index contributed by atoms with van der Waals surface area (Å²) in [5.41, 5.74) is 0.287. The standard InChI is InChI=1S/C37H52O4S4.C2H6/c1-23-9-11-27(12-10-23)29-15-19-31(20-16-29)45-41-33-22-21-32(35-36(33)43-37(42-35)34(24(2)38)25(3)39)40-44-30-17-13-28(14-18-30)26-7-5-4-6-8-26;1-2/h21-23,26-31H,4-20H2,1-3H3;1-2H3. The number of ketones is 2. The fourth-order valence-electron chi connectivity index (χ4n) is 8.61. The molecule has 47 heavy (non-hydrogen) atoms. The molecule has 4 fully saturated rings. The maximum absolute atomic E-state index is 12.5. The monoisotopic (exact) mass is 718 g/mol. The number of hydrogen-bond acceptors (Lipinski definition) is 8. The molecule has 0 N–H and O–H groups in total. The molecule has 0 unspecified atom stereocenters. The normalized spacial score (nSPS) is 29.7. The van der Waals surface area contributed by atoms with Crippen LogP contribution in [0.5, 0.6) is 11.5 Å². The number of allylic oxidation sites excluding steroid dienone is 1. The Bertz CT molecular complexity index is 1200. The number of carbonyl (C=O) groups is 2. The first-order valence-corrected chi connectivity index (χ1v) is 22.1. The van der Waals surface area contributed by atoms with Crippen LogP contribution in [-0.2, 0) is 9.59 Å². The molecule has 0 spiro atoms. The van der Waals surface area contributed by atoms with Gasteiger partial charge in [-0.2, -0.15) is 0 Å². The van der Waals surface area contributed by atoms with Crippen molar-refractivity contribution in [3.8, 4) is 11.5 Å². The van der Waals surface area contributed by atoms with E-state index in [0.717, 1.165) is 55.1 Å². The summed E-state index contributed by atoms with van der Waals surface area (Å²) in [6, 6.07) is 4.07. The summed E-state index contributed by atoms with van der Waals surface area (Å²) >= 11 is 6.24. The molecule has 1 heterocycles. The zero-order valence-corrected chi connectivity index (χ0v) is 32.7. The molecule has 8 heteroatoms. The van der Waals surface area contributed by atoms with Crippen molar-refractivity contribution in [3.05, 3.63) is 21.9 Å². The van der Waals surface area contributed by atoms with Gasteiger partial charge >= 0.3 is 0 Å². The molecule has 4 nitrogen and oxygen atoms in total. The second-order valence-electron chi connectivity index (χ2n) is 14.5. The third-order valence-corrected chi connectivity index (χ3v) is 16.0. The van der Waals surface area contributed by atoms with Crippen molar-refractivity contribution < 1.29 is 18.0 Å². The summed E-state index contributed by atoms with van der Waals surface area (Å²) < 4.78 is 13.7. The predicted molar refractivity (Wildman–Crippen MR) is 204 cm³/mol. The Morgan fingerprint density at radius 1 is 0.596 bits per heavy atom. The van der Waals surface area contributed by atoms with E-state index in [-0.39, 0.29) is 17.1 Å². The third-order valence-electron chi connectivity index (χ3n) is 11.4. The van der Waals surface area contributed by atoms with Gasteiger partial charge < -0.3 is 8.37 Å². The lowest BCUT2D eigenvalue weighted by Crippen LogP contribution is -2.26. The van der Waals surface area contributed by atoms with E-state index in [1.165, 1.54) is 147 Å². The first kappa shape index (κ1) is 37.6. The summed E-state index contributed by atoms with van der Waals surface area (Å²) in [6.45, 7) is 9.39. The number of fused-ring (bicyclic) bond motifs is 1. The molecule has 5 aliphatic rings. The molecular formula is C39H58O4S4. The van der Waals surface area contributed by atoms with Crippen LogP contribution in [0.15, 0.2) is 31.7 Å². The van der Waals surface area contributed by atoms with Gasteiger partial charge in [-0.05, 0) is 120 Å². The van der Waals surface area contributed by atoms with Gasteiger partial charge in [0.25, 0.3) is 0 Å². The highest BCUT2D eigenvalue weighted by Gasteiger charge is 2.34. The molecular weight excluding hydrogens is 661 g/mol. The Morgan fingerprint density at radius 2 is 0.979 bits per heavy atom. The van der Waals surface area contributed by atoms with Crippen molar-refractivity contribution in [1.82, 2.24) is 0 Å². The van der Waals surface area contributed by atoms with Crippen LogP contribution in [0.4, 0.5) is 0 Å². The smallest absolute Gasteiger partial charge is 0.165 e. The van der Waals surface area contributed by atoms with Crippen LogP contribution in [0.1, 0.15) is 144 Å². The molecule has 1 aliphatic heterocycles. The van der Waals surface area contributed by atoms with Crippen molar-refractivity contribution in [2.24, 2.45) is 29.6 Å². The molecule has 4 aliphatic carbocycles. The average Bonchev–Trinajstić information content (AvgIpc) is 3.53. The molecule has 1 aromatic rings.